The molecular formula is C14H15N3O2. The number of nitriles is 1. The number of piperidine rings is 1. The molecule has 2 saturated heterocycles. The van der Waals surface area contributed by atoms with Crippen molar-refractivity contribution >= 4 is 11.8 Å². The number of hydrogen-bond acceptors (Lipinski definition) is 4. The third-order valence-corrected chi connectivity index (χ3v) is 3.69. The van der Waals surface area contributed by atoms with Gasteiger partial charge in [-0.1, -0.05) is 6.07 Å². The Morgan fingerprint density at radius 2 is 2.37 bits per heavy atom. The second kappa shape index (κ2) is 4.56. The second-order valence-electron chi connectivity index (χ2n) is 5.08. The van der Waals surface area contributed by atoms with Crippen molar-refractivity contribution in [2.75, 3.05) is 24.5 Å². The standard InChI is InChI=1S/C14H15N3O2/c15-8-11-3-1-4-12(7-11)17-10-14(19-13(17)18)5-2-6-16-9-14/h1,3-4,7,16H,2,5-6,9-10H2. The Morgan fingerprint density at radius 3 is 3.11 bits per heavy atom. The lowest BCUT2D eigenvalue weighted by Crippen LogP contribution is -2.48. The lowest BCUT2D eigenvalue weighted by atomic mass is 9.94. The van der Waals surface area contributed by atoms with Gasteiger partial charge in [0.15, 0.2) is 0 Å². The normalized spacial score (nSPS) is 26.3. The van der Waals surface area contributed by atoms with Crippen LogP contribution in [0.1, 0.15) is 18.4 Å². The van der Waals surface area contributed by atoms with Crippen molar-refractivity contribution in [3.63, 3.8) is 0 Å². The maximum atomic E-state index is 12.0. The Bertz CT molecular complexity index is 544. The highest BCUT2D eigenvalue weighted by Crippen LogP contribution is 2.32. The summed E-state index contributed by atoms with van der Waals surface area (Å²) in [6, 6.07) is 9.14. The highest BCUT2D eigenvalue weighted by molar-refractivity contribution is 5.90. The van der Waals surface area contributed by atoms with E-state index < -0.39 is 5.60 Å². The number of carbonyl (C=O) groups excluding carboxylic acids is 1. The molecule has 3 rings (SSSR count). The Labute approximate surface area is 111 Å². The van der Waals surface area contributed by atoms with Crippen LogP contribution in [0.4, 0.5) is 10.5 Å². The number of rotatable bonds is 1. The molecule has 2 aliphatic rings. The van der Waals surface area contributed by atoms with E-state index >= 15 is 0 Å². The van der Waals surface area contributed by atoms with Crippen molar-refractivity contribution in [1.29, 1.82) is 5.26 Å². The Balaban J connectivity index is 1.85. The van der Waals surface area contributed by atoms with Crippen molar-refractivity contribution in [2.45, 2.75) is 18.4 Å². The molecule has 1 aromatic rings. The molecule has 2 fully saturated rings. The molecule has 1 N–H and O–H groups in total. The first-order valence-corrected chi connectivity index (χ1v) is 6.44. The van der Waals surface area contributed by atoms with Crippen LogP contribution >= 0.6 is 0 Å². The molecule has 1 aromatic carbocycles. The molecule has 1 unspecified atom stereocenters. The molecule has 0 aromatic heterocycles. The van der Waals surface area contributed by atoms with Crippen LogP contribution in [0.5, 0.6) is 0 Å². The van der Waals surface area contributed by atoms with Crippen molar-refractivity contribution in [1.82, 2.24) is 5.32 Å². The lowest BCUT2D eigenvalue weighted by molar-refractivity contribution is 0.0366. The van der Waals surface area contributed by atoms with Crippen molar-refractivity contribution in [2.24, 2.45) is 0 Å². The Hall–Kier alpha value is -2.06. The molecule has 0 bridgehead atoms. The zero-order valence-corrected chi connectivity index (χ0v) is 10.6. The van der Waals surface area contributed by atoms with Crippen LogP contribution < -0.4 is 10.2 Å². The molecule has 5 nitrogen and oxygen atoms in total. The number of nitrogens with one attached hydrogen (secondary N) is 1. The highest BCUT2D eigenvalue weighted by Gasteiger charge is 2.46. The molecule has 2 heterocycles. The molecule has 1 atom stereocenters. The molecule has 98 valence electrons. The average molecular weight is 257 g/mol. The highest BCUT2D eigenvalue weighted by atomic mass is 16.6. The van der Waals surface area contributed by atoms with E-state index in [1.54, 1.807) is 23.1 Å². The van der Waals surface area contributed by atoms with Gasteiger partial charge in [0.25, 0.3) is 0 Å². The van der Waals surface area contributed by atoms with E-state index in [0.29, 0.717) is 18.7 Å². The van der Waals surface area contributed by atoms with Gasteiger partial charge in [0.2, 0.25) is 0 Å². The smallest absolute Gasteiger partial charge is 0.415 e. The summed E-state index contributed by atoms with van der Waals surface area (Å²) < 4.78 is 5.57. The number of hydrogen-bond donors (Lipinski definition) is 1. The number of amides is 1. The van der Waals surface area contributed by atoms with Crippen LogP contribution in [0.3, 0.4) is 0 Å². The number of nitrogens with zero attached hydrogens (tertiary/aromatic N) is 2. The maximum absolute atomic E-state index is 12.0. The fourth-order valence-corrected chi connectivity index (χ4v) is 2.73. The third kappa shape index (κ3) is 2.15. The molecular weight excluding hydrogens is 242 g/mol. The van der Waals surface area contributed by atoms with Crippen LogP contribution in [-0.2, 0) is 4.74 Å². The van der Waals surface area contributed by atoms with Crippen LogP contribution in [0.15, 0.2) is 24.3 Å². The minimum absolute atomic E-state index is 0.321. The van der Waals surface area contributed by atoms with Gasteiger partial charge < -0.3 is 10.1 Å². The first-order chi connectivity index (χ1) is 9.22. The second-order valence-corrected chi connectivity index (χ2v) is 5.08. The number of carbonyl (C=O) groups is 1. The van der Waals surface area contributed by atoms with Crippen LogP contribution in [0.25, 0.3) is 0 Å². The minimum atomic E-state index is -0.405. The van der Waals surface area contributed by atoms with Gasteiger partial charge in [-0.3, -0.25) is 4.90 Å². The quantitative estimate of drug-likeness (QED) is 0.830. The summed E-state index contributed by atoms with van der Waals surface area (Å²) in [7, 11) is 0. The topological polar surface area (TPSA) is 65.4 Å². The van der Waals surface area contributed by atoms with E-state index in [0.717, 1.165) is 25.1 Å². The molecule has 19 heavy (non-hydrogen) atoms. The summed E-state index contributed by atoms with van der Waals surface area (Å²) in [5, 5.41) is 12.2. The zero-order valence-electron chi connectivity index (χ0n) is 10.6. The molecule has 1 amide bonds. The summed E-state index contributed by atoms with van der Waals surface area (Å²) in [6.07, 6.45) is 1.58. The first kappa shape index (κ1) is 12.0. The van der Waals surface area contributed by atoms with Gasteiger partial charge in [0.1, 0.15) is 5.60 Å². The van der Waals surface area contributed by atoms with Crippen molar-refractivity contribution in [3.8, 4) is 6.07 Å². The molecule has 0 radical (unpaired) electrons. The van der Waals surface area contributed by atoms with Gasteiger partial charge in [0.05, 0.1) is 18.2 Å². The van der Waals surface area contributed by atoms with Crippen molar-refractivity contribution in [3.05, 3.63) is 29.8 Å². The predicted molar refractivity (Wildman–Crippen MR) is 69.8 cm³/mol. The Kier molecular flexibility index (Phi) is 2.88. The largest absolute Gasteiger partial charge is 0.439 e. The fourth-order valence-electron chi connectivity index (χ4n) is 2.73. The van der Waals surface area contributed by atoms with E-state index in [9.17, 15) is 4.79 Å². The molecule has 0 aliphatic carbocycles. The van der Waals surface area contributed by atoms with Gasteiger partial charge in [-0.05, 0) is 37.6 Å². The SMILES string of the molecule is N#Cc1cccc(N2CC3(CCCNC3)OC2=O)c1. The third-order valence-electron chi connectivity index (χ3n) is 3.69. The van der Waals surface area contributed by atoms with Gasteiger partial charge in [-0.25, -0.2) is 4.79 Å². The Morgan fingerprint density at radius 1 is 1.47 bits per heavy atom. The summed E-state index contributed by atoms with van der Waals surface area (Å²) in [6.45, 7) is 2.23. The number of ether oxygens (including phenoxy) is 1. The van der Waals surface area contributed by atoms with Crippen LogP contribution in [0, 0.1) is 11.3 Å². The van der Waals surface area contributed by atoms with Gasteiger partial charge in [-0.15, -0.1) is 0 Å². The summed E-state index contributed by atoms with van der Waals surface area (Å²) in [5.41, 5.74) is 0.873. The zero-order chi connectivity index (χ0) is 13.3. The van der Waals surface area contributed by atoms with Gasteiger partial charge in [-0.2, -0.15) is 5.26 Å². The van der Waals surface area contributed by atoms with E-state index in [1.807, 2.05) is 6.07 Å². The average Bonchev–Trinajstić information content (AvgIpc) is 2.76. The monoisotopic (exact) mass is 257 g/mol. The summed E-state index contributed by atoms with van der Waals surface area (Å²) in [5.74, 6) is 0. The molecule has 2 aliphatic heterocycles. The summed E-state index contributed by atoms with van der Waals surface area (Å²) in [4.78, 5) is 13.7. The van der Waals surface area contributed by atoms with Gasteiger partial charge >= 0.3 is 6.09 Å². The maximum Gasteiger partial charge on any atom is 0.415 e. The van der Waals surface area contributed by atoms with Crippen molar-refractivity contribution < 1.29 is 9.53 Å². The van der Waals surface area contributed by atoms with E-state index in [1.165, 1.54) is 0 Å². The molecule has 0 saturated carbocycles. The first-order valence-electron chi connectivity index (χ1n) is 6.44. The summed E-state index contributed by atoms with van der Waals surface area (Å²) >= 11 is 0. The number of anilines is 1. The van der Waals surface area contributed by atoms with E-state index in [2.05, 4.69) is 11.4 Å². The molecule has 1 spiro atoms. The minimum Gasteiger partial charge on any atom is -0.439 e. The van der Waals surface area contributed by atoms with E-state index in [-0.39, 0.29) is 6.09 Å². The number of benzene rings is 1. The van der Waals surface area contributed by atoms with Crippen LogP contribution in [0.2, 0.25) is 0 Å². The molecule has 5 heteroatoms. The van der Waals surface area contributed by atoms with E-state index in [4.69, 9.17) is 10.00 Å². The van der Waals surface area contributed by atoms with Crippen LogP contribution in [-0.4, -0.2) is 31.3 Å². The van der Waals surface area contributed by atoms with Gasteiger partial charge in [0, 0.05) is 12.2 Å². The fraction of sp³-hybridized carbons (Fsp3) is 0.429. The lowest BCUT2D eigenvalue weighted by Gasteiger charge is -2.31. The predicted octanol–water partition coefficient (Wildman–Crippen LogP) is 1.64.